The topological polar surface area (TPSA) is 101 Å². The quantitative estimate of drug-likeness (QED) is 0.546. The van der Waals surface area contributed by atoms with Crippen molar-refractivity contribution in [3.05, 3.63) is 52.0 Å². The summed E-state index contributed by atoms with van der Waals surface area (Å²) in [4.78, 5) is 12.2. The highest BCUT2D eigenvalue weighted by atomic mass is 79.9. The molecule has 2 aromatic carbocycles. The number of nitrogens with zero attached hydrogens (tertiary/aromatic N) is 3. The molecule has 0 unspecified atom stereocenters. The third-order valence-corrected chi connectivity index (χ3v) is 4.69. The zero-order valence-corrected chi connectivity index (χ0v) is 16.5. The Morgan fingerprint density at radius 3 is 2.59 bits per heavy atom. The molecule has 8 heteroatoms. The van der Waals surface area contributed by atoms with Crippen molar-refractivity contribution in [2.75, 3.05) is 0 Å². The van der Waals surface area contributed by atoms with Crippen molar-refractivity contribution in [1.82, 2.24) is 20.6 Å². The van der Waals surface area contributed by atoms with E-state index in [0.29, 0.717) is 34.6 Å². The van der Waals surface area contributed by atoms with Crippen LogP contribution in [-0.4, -0.2) is 31.5 Å². The molecule has 1 aromatic heterocycles. The van der Waals surface area contributed by atoms with Crippen molar-refractivity contribution in [2.45, 2.75) is 26.9 Å². The molecule has 0 bridgehead atoms. The molecule has 0 spiro atoms. The average Bonchev–Trinajstić information content (AvgIpc) is 3.17. The number of nitrogens with one attached hydrogen (secondary N) is 1. The zero-order valence-electron chi connectivity index (χ0n) is 14.9. The van der Waals surface area contributed by atoms with Gasteiger partial charge in [-0.2, -0.15) is 5.21 Å². The molecule has 3 aromatic rings. The minimum absolute atomic E-state index is 0.0909. The van der Waals surface area contributed by atoms with Crippen molar-refractivity contribution in [3.63, 3.8) is 0 Å². The molecule has 0 aliphatic carbocycles. The third kappa shape index (κ3) is 4.51. The van der Waals surface area contributed by atoms with Crippen LogP contribution in [0.2, 0.25) is 0 Å². The number of halogens is 1. The SMILES string of the molecule is CC(C)CC(=O)c1ccc(OCc2ccc(-c3nn[nH]n3)cc2)c(Br)c1O. The number of benzene rings is 2. The minimum atomic E-state index is -0.0920. The Bertz CT molecular complexity index is 925. The number of ether oxygens (including phenoxy) is 1. The number of aromatic amines is 1. The summed E-state index contributed by atoms with van der Waals surface area (Å²) in [6, 6.07) is 10.8. The molecular weight excluding hydrogens is 412 g/mol. The van der Waals surface area contributed by atoms with Crippen molar-refractivity contribution >= 4 is 21.7 Å². The van der Waals surface area contributed by atoms with Gasteiger partial charge in [-0.25, -0.2) is 0 Å². The fourth-order valence-electron chi connectivity index (χ4n) is 2.56. The Hall–Kier alpha value is -2.74. The molecule has 27 heavy (non-hydrogen) atoms. The summed E-state index contributed by atoms with van der Waals surface area (Å²) in [5, 5.41) is 24.1. The summed E-state index contributed by atoms with van der Waals surface area (Å²) in [5.74, 6) is 1.03. The van der Waals surface area contributed by atoms with Gasteiger partial charge in [0.25, 0.3) is 0 Å². The maximum Gasteiger partial charge on any atom is 0.204 e. The molecule has 0 saturated carbocycles. The normalized spacial score (nSPS) is 11.0. The van der Waals surface area contributed by atoms with Crippen LogP contribution in [0.4, 0.5) is 0 Å². The first kappa shape index (κ1) is 19.0. The van der Waals surface area contributed by atoms with Crippen LogP contribution in [0.3, 0.4) is 0 Å². The van der Waals surface area contributed by atoms with E-state index >= 15 is 0 Å². The largest absolute Gasteiger partial charge is 0.506 e. The van der Waals surface area contributed by atoms with Gasteiger partial charge in [-0.1, -0.05) is 38.1 Å². The van der Waals surface area contributed by atoms with Crippen molar-refractivity contribution in [3.8, 4) is 22.9 Å². The minimum Gasteiger partial charge on any atom is -0.506 e. The second kappa shape index (κ2) is 8.30. The molecule has 140 valence electrons. The molecule has 0 amide bonds. The first-order chi connectivity index (χ1) is 13.0. The standard InChI is InChI=1S/C19H19BrN4O3/c1-11(2)9-15(25)14-7-8-16(17(20)18(14)26)27-10-12-3-5-13(6-4-12)19-21-23-24-22-19/h3-8,11,26H,9-10H2,1-2H3,(H,21,22,23,24). The maximum atomic E-state index is 12.2. The van der Waals surface area contributed by atoms with Crippen LogP contribution in [0.25, 0.3) is 11.4 Å². The van der Waals surface area contributed by atoms with E-state index in [1.54, 1.807) is 12.1 Å². The molecule has 3 rings (SSSR count). The lowest BCUT2D eigenvalue weighted by Crippen LogP contribution is -2.05. The maximum absolute atomic E-state index is 12.2. The van der Waals surface area contributed by atoms with Crippen molar-refractivity contribution < 1.29 is 14.6 Å². The molecular formula is C19H19BrN4O3. The van der Waals surface area contributed by atoms with Gasteiger partial charge in [-0.3, -0.25) is 4.79 Å². The highest BCUT2D eigenvalue weighted by molar-refractivity contribution is 9.10. The van der Waals surface area contributed by atoms with Crippen molar-refractivity contribution in [2.24, 2.45) is 5.92 Å². The molecule has 2 N–H and O–H groups in total. The van der Waals surface area contributed by atoms with E-state index in [1.807, 2.05) is 38.1 Å². The predicted octanol–water partition coefficient (Wildman–Crippen LogP) is 4.14. The molecule has 0 radical (unpaired) electrons. The zero-order chi connectivity index (χ0) is 19.4. The number of H-pyrrole nitrogens is 1. The second-order valence-electron chi connectivity index (χ2n) is 6.52. The molecule has 0 saturated heterocycles. The second-order valence-corrected chi connectivity index (χ2v) is 7.31. The predicted molar refractivity (Wildman–Crippen MR) is 104 cm³/mol. The highest BCUT2D eigenvalue weighted by Crippen LogP contribution is 2.37. The Labute approximate surface area is 164 Å². The number of Topliss-reactive ketones (excluding diaryl/α,β-unsaturated/α-hetero) is 1. The van der Waals surface area contributed by atoms with Gasteiger partial charge in [0.1, 0.15) is 22.6 Å². The number of hydrogen-bond acceptors (Lipinski definition) is 6. The van der Waals surface area contributed by atoms with E-state index in [2.05, 4.69) is 36.6 Å². The van der Waals surface area contributed by atoms with E-state index in [9.17, 15) is 9.90 Å². The van der Waals surface area contributed by atoms with Gasteiger partial charge in [0.15, 0.2) is 5.78 Å². The van der Waals surface area contributed by atoms with Gasteiger partial charge in [-0.15, -0.1) is 10.2 Å². The van der Waals surface area contributed by atoms with Gasteiger partial charge in [0.2, 0.25) is 5.82 Å². The first-order valence-electron chi connectivity index (χ1n) is 8.46. The van der Waals surface area contributed by atoms with Crippen molar-refractivity contribution in [1.29, 1.82) is 0 Å². The molecule has 0 fully saturated rings. The lowest BCUT2D eigenvalue weighted by Gasteiger charge is -2.12. The lowest BCUT2D eigenvalue weighted by molar-refractivity contribution is 0.0965. The molecule has 1 heterocycles. The van der Waals surface area contributed by atoms with Gasteiger partial charge >= 0.3 is 0 Å². The van der Waals surface area contributed by atoms with Crippen LogP contribution in [0.15, 0.2) is 40.9 Å². The van der Waals surface area contributed by atoms with E-state index in [-0.39, 0.29) is 17.5 Å². The van der Waals surface area contributed by atoms with E-state index in [4.69, 9.17) is 4.74 Å². The Morgan fingerprint density at radius 1 is 1.22 bits per heavy atom. The van der Waals surface area contributed by atoms with Gasteiger partial charge in [0.05, 0.1) is 5.56 Å². The number of hydrogen-bond donors (Lipinski definition) is 2. The van der Waals surface area contributed by atoms with Crippen LogP contribution in [-0.2, 0) is 6.61 Å². The summed E-state index contributed by atoms with van der Waals surface area (Å²) in [6.45, 7) is 4.24. The van der Waals surface area contributed by atoms with Crippen LogP contribution >= 0.6 is 15.9 Å². The van der Waals surface area contributed by atoms with E-state index < -0.39 is 0 Å². The van der Waals surface area contributed by atoms with E-state index in [1.165, 1.54) is 0 Å². The average molecular weight is 431 g/mol. The number of phenols is 1. The highest BCUT2D eigenvalue weighted by Gasteiger charge is 2.18. The number of carbonyl (C=O) groups is 1. The smallest absolute Gasteiger partial charge is 0.204 e. The van der Waals surface area contributed by atoms with Crippen LogP contribution in [0.1, 0.15) is 36.2 Å². The molecule has 0 aliphatic rings. The van der Waals surface area contributed by atoms with E-state index in [0.717, 1.165) is 11.1 Å². The molecule has 0 aliphatic heterocycles. The van der Waals surface area contributed by atoms with Gasteiger partial charge in [0, 0.05) is 12.0 Å². The fraction of sp³-hybridized carbons (Fsp3) is 0.263. The summed E-state index contributed by atoms with van der Waals surface area (Å²) in [5.41, 5.74) is 2.08. The number of rotatable bonds is 7. The lowest BCUT2D eigenvalue weighted by atomic mass is 10.0. The summed E-state index contributed by atoms with van der Waals surface area (Å²) in [6.07, 6.45) is 0.382. The van der Waals surface area contributed by atoms with Gasteiger partial charge < -0.3 is 9.84 Å². The first-order valence-corrected chi connectivity index (χ1v) is 9.25. The third-order valence-electron chi connectivity index (χ3n) is 3.93. The van der Waals surface area contributed by atoms with Gasteiger partial charge in [-0.05, 0) is 44.8 Å². The summed E-state index contributed by atoms with van der Waals surface area (Å²) >= 11 is 3.32. The molecule has 0 atom stereocenters. The molecule has 7 nitrogen and oxygen atoms in total. The number of aromatic hydroxyl groups is 1. The summed E-state index contributed by atoms with van der Waals surface area (Å²) < 4.78 is 6.16. The number of tetrazole rings is 1. The van der Waals surface area contributed by atoms with Crippen LogP contribution < -0.4 is 4.74 Å². The Balaban J connectivity index is 1.69. The summed E-state index contributed by atoms with van der Waals surface area (Å²) in [7, 11) is 0. The Kier molecular flexibility index (Phi) is 5.85. The van der Waals surface area contributed by atoms with Crippen LogP contribution in [0.5, 0.6) is 11.5 Å². The number of phenolic OH excluding ortho intramolecular Hbond substituents is 1. The number of carbonyl (C=O) groups excluding carboxylic acids is 1. The monoisotopic (exact) mass is 430 g/mol. The van der Waals surface area contributed by atoms with Crippen LogP contribution in [0, 0.1) is 5.92 Å². The Morgan fingerprint density at radius 2 is 1.96 bits per heavy atom. The number of aromatic nitrogens is 4. The fourth-order valence-corrected chi connectivity index (χ4v) is 3.02. The number of ketones is 1.